The van der Waals surface area contributed by atoms with E-state index in [9.17, 15) is 13.6 Å². The summed E-state index contributed by atoms with van der Waals surface area (Å²) in [5.41, 5.74) is 0. The molecule has 1 aromatic carbocycles. The molecule has 0 bridgehead atoms. The van der Waals surface area contributed by atoms with Crippen molar-refractivity contribution in [2.45, 2.75) is 18.8 Å². The molecular weight excluding hydrogens is 290 g/mol. The fourth-order valence-electron chi connectivity index (χ4n) is 2.00. The minimum absolute atomic E-state index is 0.133. The number of benzene rings is 1. The predicted molar refractivity (Wildman–Crippen MR) is 68.7 cm³/mol. The second kappa shape index (κ2) is 4.59. The zero-order chi connectivity index (χ0) is 14.3. The maximum absolute atomic E-state index is 13.9. The van der Waals surface area contributed by atoms with E-state index in [1.807, 2.05) is 0 Å². The fraction of sp³-hybridized carbons (Fsp3) is 0.308. The van der Waals surface area contributed by atoms with Crippen molar-refractivity contribution in [2.75, 3.05) is 6.79 Å². The minimum Gasteiger partial charge on any atom is -0.481 e. The number of hydrogen-bond donors (Lipinski definition) is 1. The molecular formula is C13H10F2O4S. The van der Waals surface area contributed by atoms with Crippen LogP contribution in [-0.4, -0.2) is 17.9 Å². The van der Waals surface area contributed by atoms with E-state index in [4.69, 9.17) is 14.6 Å². The van der Waals surface area contributed by atoms with Crippen LogP contribution in [0.25, 0.3) is 10.1 Å². The lowest BCUT2D eigenvalue weighted by molar-refractivity contribution is -0.139. The van der Waals surface area contributed by atoms with Crippen molar-refractivity contribution >= 4 is 27.4 Å². The van der Waals surface area contributed by atoms with Gasteiger partial charge >= 0.3 is 5.97 Å². The van der Waals surface area contributed by atoms with Gasteiger partial charge in [0.1, 0.15) is 0 Å². The number of fused-ring (bicyclic) bond motifs is 2. The van der Waals surface area contributed by atoms with Gasteiger partial charge in [-0.05, 0) is 17.5 Å². The Kier molecular flexibility index (Phi) is 3.01. The van der Waals surface area contributed by atoms with Gasteiger partial charge in [-0.25, -0.2) is 8.78 Å². The Morgan fingerprint density at radius 2 is 2.00 bits per heavy atom. The van der Waals surface area contributed by atoms with Gasteiger partial charge in [-0.15, -0.1) is 11.3 Å². The van der Waals surface area contributed by atoms with Crippen LogP contribution in [-0.2, 0) is 10.7 Å². The van der Waals surface area contributed by atoms with Crippen molar-refractivity contribution in [1.82, 2.24) is 0 Å². The highest BCUT2D eigenvalue weighted by Crippen LogP contribution is 2.44. The first-order chi connectivity index (χ1) is 9.45. The summed E-state index contributed by atoms with van der Waals surface area (Å²) in [6.07, 6.45) is -1.27. The largest absolute Gasteiger partial charge is 0.481 e. The van der Waals surface area contributed by atoms with Crippen molar-refractivity contribution in [1.29, 1.82) is 0 Å². The number of carbonyl (C=O) groups is 1. The molecule has 0 amide bonds. The third-order valence-electron chi connectivity index (χ3n) is 3.02. The smallest absolute Gasteiger partial charge is 0.303 e. The summed E-state index contributed by atoms with van der Waals surface area (Å²) in [5.74, 6) is -3.30. The average molecular weight is 300 g/mol. The Morgan fingerprint density at radius 3 is 2.70 bits per heavy atom. The van der Waals surface area contributed by atoms with E-state index < -0.39 is 24.7 Å². The molecule has 1 aliphatic rings. The quantitative estimate of drug-likeness (QED) is 0.937. The Labute approximate surface area is 116 Å². The van der Waals surface area contributed by atoms with Crippen LogP contribution in [0.5, 0.6) is 11.5 Å². The van der Waals surface area contributed by atoms with Crippen LogP contribution in [0.1, 0.15) is 17.7 Å². The van der Waals surface area contributed by atoms with Crippen molar-refractivity contribution < 1.29 is 28.2 Å². The highest BCUT2D eigenvalue weighted by Gasteiger charge is 2.34. The molecule has 3 rings (SSSR count). The summed E-state index contributed by atoms with van der Waals surface area (Å²) in [7, 11) is 0. The molecule has 1 N–H and O–H groups in total. The van der Waals surface area contributed by atoms with Gasteiger partial charge in [0, 0.05) is 17.2 Å². The van der Waals surface area contributed by atoms with Crippen LogP contribution in [0.2, 0.25) is 0 Å². The predicted octanol–water partition coefficient (Wildman–Crippen LogP) is 3.59. The molecule has 1 aliphatic heterocycles. The summed E-state index contributed by atoms with van der Waals surface area (Å²) in [5, 5.41) is 9.16. The lowest BCUT2D eigenvalue weighted by Crippen LogP contribution is -2.13. The zero-order valence-corrected chi connectivity index (χ0v) is 11.0. The second-order valence-electron chi connectivity index (χ2n) is 4.45. The van der Waals surface area contributed by atoms with Crippen LogP contribution < -0.4 is 9.47 Å². The molecule has 0 saturated heterocycles. The number of alkyl halides is 2. The van der Waals surface area contributed by atoms with Gasteiger partial charge in [0.15, 0.2) is 11.5 Å². The van der Waals surface area contributed by atoms with Crippen molar-refractivity contribution in [3.8, 4) is 11.5 Å². The molecule has 0 atom stereocenters. The number of carboxylic acid groups (broad SMARTS) is 1. The van der Waals surface area contributed by atoms with Gasteiger partial charge in [-0.2, -0.15) is 0 Å². The summed E-state index contributed by atoms with van der Waals surface area (Å²) in [6.45, 7) is 0.133. The minimum atomic E-state index is -3.14. The second-order valence-corrected chi connectivity index (χ2v) is 5.54. The Bertz CT molecular complexity index is 639. The number of halogens is 2. The molecule has 0 fully saturated rings. The number of ether oxygens (including phenoxy) is 2. The standard InChI is InChI=1S/C13H10F2O4S/c14-13(15,2-1-12(16)17)11-4-7-3-8-9(19-6-18-8)5-10(7)20-11/h3-5H,1-2,6H2,(H,16,17). The summed E-state index contributed by atoms with van der Waals surface area (Å²) < 4.78 is 38.9. The van der Waals surface area contributed by atoms with E-state index in [0.29, 0.717) is 21.6 Å². The first-order valence-electron chi connectivity index (χ1n) is 5.89. The highest BCUT2D eigenvalue weighted by molar-refractivity contribution is 7.19. The maximum atomic E-state index is 13.9. The van der Waals surface area contributed by atoms with Crippen LogP contribution >= 0.6 is 11.3 Å². The van der Waals surface area contributed by atoms with Crippen LogP contribution in [0.15, 0.2) is 18.2 Å². The highest BCUT2D eigenvalue weighted by atomic mass is 32.1. The van der Waals surface area contributed by atoms with Gasteiger partial charge in [0.2, 0.25) is 6.79 Å². The molecule has 0 radical (unpaired) electrons. The van der Waals surface area contributed by atoms with Crippen molar-refractivity contribution in [3.05, 3.63) is 23.1 Å². The van der Waals surface area contributed by atoms with E-state index >= 15 is 0 Å². The first kappa shape index (κ1) is 13.1. The molecule has 7 heteroatoms. The number of thiophene rings is 1. The topological polar surface area (TPSA) is 55.8 Å². The molecule has 0 spiro atoms. The molecule has 0 aliphatic carbocycles. The molecule has 20 heavy (non-hydrogen) atoms. The third-order valence-corrected chi connectivity index (χ3v) is 4.23. The summed E-state index contributed by atoms with van der Waals surface area (Å²) in [4.78, 5) is 10.3. The molecule has 2 heterocycles. The van der Waals surface area contributed by atoms with E-state index in [1.165, 1.54) is 6.07 Å². The number of aliphatic carboxylic acids is 1. The lowest BCUT2D eigenvalue weighted by Gasteiger charge is -2.12. The number of rotatable bonds is 4. The van der Waals surface area contributed by atoms with Crippen molar-refractivity contribution in [3.63, 3.8) is 0 Å². The average Bonchev–Trinajstić information content (AvgIpc) is 2.98. The van der Waals surface area contributed by atoms with E-state index in [-0.39, 0.29) is 11.7 Å². The van der Waals surface area contributed by atoms with Gasteiger partial charge in [-0.1, -0.05) is 0 Å². The molecule has 4 nitrogen and oxygen atoms in total. The Hall–Kier alpha value is -1.89. The number of hydrogen-bond acceptors (Lipinski definition) is 4. The van der Waals surface area contributed by atoms with E-state index in [0.717, 1.165) is 11.3 Å². The lowest BCUT2D eigenvalue weighted by atomic mass is 10.1. The number of carboxylic acids is 1. The van der Waals surface area contributed by atoms with Gasteiger partial charge in [-0.3, -0.25) is 4.79 Å². The van der Waals surface area contributed by atoms with E-state index in [1.54, 1.807) is 12.1 Å². The van der Waals surface area contributed by atoms with Crippen LogP contribution in [0.4, 0.5) is 8.78 Å². The van der Waals surface area contributed by atoms with Crippen molar-refractivity contribution in [2.24, 2.45) is 0 Å². The summed E-state index contributed by atoms with van der Waals surface area (Å²) >= 11 is 0.943. The fourth-order valence-corrected chi connectivity index (χ4v) is 3.07. The zero-order valence-electron chi connectivity index (χ0n) is 10.2. The monoisotopic (exact) mass is 300 g/mol. The van der Waals surface area contributed by atoms with Gasteiger partial charge < -0.3 is 14.6 Å². The van der Waals surface area contributed by atoms with Gasteiger partial charge in [0.05, 0.1) is 11.3 Å². The van der Waals surface area contributed by atoms with Gasteiger partial charge in [0.25, 0.3) is 5.92 Å². The molecule has 1 aromatic heterocycles. The molecule has 106 valence electrons. The Balaban J connectivity index is 1.94. The third kappa shape index (κ3) is 2.29. The molecule has 0 saturated carbocycles. The maximum Gasteiger partial charge on any atom is 0.303 e. The molecule has 2 aromatic rings. The van der Waals surface area contributed by atoms with Crippen LogP contribution in [0, 0.1) is 0 Å². The van der Waals surface area contributed by atoms with E-state index in [2.05, 4.69) is 0 Å². The molecule has 0 unspecified atom stereocenters. The summed E-state index contributed by atoms with van der Waals surface area (Å²) in [6, 6.07) is 4.70. The Morgan fingerprint density at radius 1 is 1.30 bits per heavy atom. The first-order valence-corrected chi connectivity index (χ1v) is 6.71. The SMILES string of the molecule is O=C(O)CCC(F)(F)c1cc2cc3c(cc2s1)OCO3. The van der Waals surface area contributed by atoms with Crippen LogP contribution in [0.3, 0.4) is 0 Å². The normalized spacial score (nSPS) is 13.9.